The van der Waals surface area contributed by atoms with Gasteiger partial charge in [-0.3, -0.25) is 0 Å². The first-order chi connectivity index (χ1) is 9.11. The minimum atomic E-state index is -0.0276. The summed E-state index contributed by atoms with van der Waals surface area (Å²) in [5.41, 5.74) is 0.455. The van der Waals surface area contributed by atoms with Crippen LogP contribution in [0.15, 0.2) is 39.9 Å². The summed E-state index contributed by atoms with van der Waals surface area (Å²) in [5, 5.41) is 19.5. The maximum Gasteiger partial charge on any atom is 0.194 e. The van der Waals surface area contributed by atoms with Crippen molar-refractivity contribution >= 4 is 28.0 Å². The van der Waals surface area contributed by atoms with Crippen molar-refractivity contribution in [2.75, 3.05) is 7.11 Å². The van der Waals surface area contributed by atoms with Crippen molar-refractivity contribution in [1.29, 1.82) is 0 Å². The van der Waals surface area contributed by atoms with Gasteiger partial charge in [0.25, 0.3) is 0 Å². The lowest BCUT2D eigenvalue weighted by Crippen LogP contribution is -1.89. The van der Waals surface area contributed by atoms with E-state index in [1.54, 1.807) is 18.2 Å². The van der Waals surface area contributed by atoms with E-state index < -0.39 is 0 Å². The van der Waals surface area contributed by atoms with Crippen LogP contribution in [-0.2, 0) is 0 Å². The predicted molar refractivity (Wildman–Crippen MR) is 75.5 cm³/mol. The molecule has 0 aliphatic rings. The van der Waals surface area contributed by atoms with Gasteiger partial charge in [-0.25, -0.2) is 9.98 Å². The highest BCUT2D eigenvalue weighted by atomic mass is 79.9. The summed E-state index contributed by atoms with van der Waals surface area (Å²) < 4.78 is 5.78. The molecular weight excluding hydrogens is 312 g/mol. The SMILES string of the molecule is COc1cc(Br)cc(/C=N/c2ncccc2O)c1O. The Balaban J connectivity index is 2.39. The van der Waals surface area contributed by atoms with Crippen LogP contribution in [-0.4, -0.2) is 28.5 Å². The molecule has 1 heterocycles. The fourth-order valence-electron chi connectivity index (χ4n) is 1.47. The number of hydrogen-bond acceptors (Lipinski definition) is 5. The molecule has 0 spiro atoms. The van der Waals surface area contributed by atoms with Crippen LogP contribution in [0.5, 0.6) is 17.2 Å². The standard InChI is InChI=1S/C13H11BrN2O3/c1-19-11-6-9(14)5-8(12(11)18)7-16-13-10(17)3-2-4-15-13/h2-7,17-18H,1H3/b16-7+. The molecule has 0 unspecified atom stereocenters. The van der Waals surface area contributed by atoms with Gasteiger partial charge in [-0.05, 0) is 24.3 Å². The molecular formula is C13H11BrN2O3. The lowest BCUT2D eigenvalue weighted by Gasteiger charge is -2.06. The number of phenols is 1. The molecule has 6 heteroatoms. The molecule has 0 aliphatic carbocycles. The average molecular weight is 323 g/mol. The summed E-state index contributed by atoms with van der Waals surface area (Å²) in [6, 6.07) is 6.42. The first kappa shape index (κ1) is 13.4. The largest absolute Gasteiger partial charge is 0.504 e. The predicted octanol–water partition coefficient (Wildman–Crippen LogP) is 3.01. The topological polar surface area (TPSA) is 74.9 Å². The minimum absolute atomic E-state index is 0.0233. The number of halogens is 1. The van der Waals surface area contributed by atoms with Crippen molar-refractivity contribution in [1.82, 2.24) is 4.98 Å². The van der Waals surface area contributed by atoms with E-state index in [9.17, 15) is 10.2 Å². The quantitative estimate of drug-likeness (QED) is 0.852. The lowest BCUT2D eigenvalue weighted by atomic mass is 10.2. The maximum atomic E-state index is 9.94. The number of ether oxygens (including phenoxy) is 1. The smallest absolute Gasteiger partial charge is 0.194 e. The highest BCUT2D eigenvalue weighted by Crippen LogP contribution is 2.33. The molecule has 98 valence electrons. The Hall–Kier alpha value is -2.08. The molecule has 19 heavy (non-hydrogen) atoms. The minimum Gasteiger partial charge on any atom is -0.504 e. The lowest BCUT2D eigenvalue weighted by molar-refractivity contribution is 0.373. The van der Waals surface area contributed by atoms with E-state index in [4.69, 9.17) is 4.74 Å². The van der Waals surface area contributed by atoms with Crippen LogP contribution in [0.25, 0.3) is 0 Å². The highest BCUT2D eigenvalue weighted by Gasteiger charge is 2.08. The Labute approximate surface area is 118 Å². The molecule has 1 aromatic carbocycles. The molecule has 0 aliphatic heterocycles. The van der Waals surface area contributed by atoms with Crippen molar-refractivity contribution in [3.8, 4) is 17.2 Å². The molecule has 2 N–H and O–H groups in total. The number of pyridine rings is 1. The first-order valence-corrected chi connectivity index (χ1v) is 6.15. The maximum absolute atomic E-state index is 9.94. The van der Waals surface area contributed by atoms with Crippen molar-refractivity contribution in [3.63, 3.8) is 0 Å². The molecule has 2 aromatic rings. The van der Waals surface area contributed by atoms with Gasteiger partial charge in [-0.15, -0.1) is 0 Å². The van der Waals surface area contributed by atoms with Crippen molar-refractivity contribution < 1.29 is 14.9 Å². The average Bonchev–Trinajstić information content (AvgIpc) is 2.41. The fourth-order valence-corrected chi connectivity index (χ4v) is 1.92. The van der Waals surface area contributed by atoms with Crippen molar-refractivity contribution in [2.45, 2.75) is 0 Å². The molecule has 0 amide bonds. The van der Waals surface area contributed by atoms with Crippen LogP contribution < -0.4 is 4.74 Å². The Kier molecular flexibility index (Phi) is 4.01. The van der Waals surface area contributed by atoms with Crippen LogP contribution in [0.2, 0.25) is 0 Å². The van der Waals surface area contributed by atoms with E-state index in [2.05, 4.69) is 25.9 Å². The molecule has 0 fully saturated rings. The third kappa shape index (κ3) is 3.03. The van der Waals surface area contributed by atoms with Gasteiger partial charge >= 0.3 is 0 Å². The van der Waals surface area contributed by atoms with Crippen LogP contribution in [0.3, 0.4) is 0 Å². The van der Waals surface area contributed by atoms with Crippen LogP contribution >= 0.6 is 15.9 Å². The number of hydrogen-bond donors (Lipinski definition) is 2. The van der Waals surface area contributed by atoms with Crippen molar-refractivity contribution in [2.24, 2.45) is 4.99 Å². The second-order valence-corrected chi connectivity index (χ2v) is 4.57. The summed E-state index contributed by atoms with van der Waals surface area (Å²) >= 11 is 3.31. The number of phenolic OH excluding ortho intramolecular Hbond substituents is 1. The Morgan fingerprint density at radius 1 is 1.37 bits per heavy atom. The second-order valence-electron chi connectivity index (χ2n) is 3.65. The van der Waals surface area contributed by atoms with Gasteiger partial charge in [0.05, 0.1) is 7.11 Å². The highest BCUT2D eigenvalue weighted by molar-refractivity contribution is 9.10. The normalized spacial score (nSPS) is 10.8. The molecule has 1 aromatic heterocycles. The third-order valence-electron chi connectivity index (χ3n) is 2.38. The zero-order chi connectivity index (χ0) is 13.8. The number of aliphatic imine (C=N–C) groups is 1. The van der Waals surface area contributed by atoms with Crippen LogP contribution in [0.1, 0.15) is 5.56 Å². The fraction of sp³-hybridized carbons (Fsp3) is 0.0769. The monoisotopic (exact) mass is 322 g/mol. The summed E-state index contributed by atoms with van der Waals surface area (Å²) in [6.07, 6.45) is 2.93. The molecule has 2 rings (SSSR count). The number of aromatic nitrogens is 1. The van der Waals surface area contributed by atoms with Crippen LogP contribution in [0, 0.1) is 0 Å². The third-order valence-corrected chi connectivity index (χ3v) is 2.84. The van der Waals surface area contributed by atoms with Gasteiger partial charge in [0.2, 0.25) is 0 Å². The van der Waals surface area contributed by atoms with E-state index in [1.807, 2.05) is 0 Å². The Bertz CT molecular complexity index is 629. The first-order valence-electron chi connectivity index (χ1n) is 5.36. The van der Waals surface area contributed by atoms with E-state index in [0.717, 1.165) is 4.47 Å². The molecule has 5 nitrogen and oxygen atoms in total. The van der Waals surface area contributed by atoms with Crippen molar-refractivity contribution in [3.05, 3.63) is 40.5 Å². The van der Waals surface area contributed by atoms with Gasteiger partial charge in [0, 0.05) is 22.4 Å². The zero-order valence-corrected chi connectivity index (χ0v) is 11.6. The molecule has 0 radical (unpaired) electrons. The molecule has 0 atom stereocenters. The zero-order valence-electron chi connectivity index (χ0n) is 10.0. The van der Waals surface area contributed by atoms with Gasteiger partial charge < -0.3 is 14.9 Å². The molecule has 0 saturated carbocycles. The van der Waals surface area contributed by atoms with Crippen LogP contribution in [0.4, 0.5) is 5.82 Å². The van der Waals surface area contributed by atoms with E-state index in [-0.39, 0.29) is 17.3 Å². The molecule has 0 bridgehead atoms. The second kappa shape index (κ2) is 5.71. The van der Waals surface area contributed by atoms with Gasteiger partial charge in [-0.2, -0.15) is 0 Å². The van der Waals surface area contributed by atoms with E-state index >= 15 is 0 Å². The van der Waals surface area contributed by atoms with E-state index in [1.165, 1.54) is 25.6 Å². The Morgan fingerprint density at radius 3 is 2.84 bits per heavy atom. The summed E-state index contributed by atoms with van der Waals surface area (Å²) in [6.45, 7) is 0. The number of methoxy groups -OCH3 is 1. The van der Waals surface area contributed by atoms with Gasteiger partial charge in [0.1, 0.15) is 0 Å². The Morgan fingerprint density at radius 2 is 2.16 bits per heavy atom. The van der Waals surface area contributed by atoms with E-state index in [0.29, 0.717) is 11.3 Å². The number of nitrogens with zero attached hydrogens (tertiary/aromatic N) is 2. The number of benzene rings is 1. The number of aromatic hydroxyl groups is 2. The summed E-state index contributed by atoms with van der Waals surface area (Å²) in [7, 11) is 1.47. The van der Waals surface area contributed by atoms with Gasteiger partial charge in [-0.1, -0.05) is 15.9 Å². The summed E-state index contributed by atoms with van der Waals surface area (Å²) in [5.74, 6) is 0.465. The number of rotatable bonds is 3. The van der Waals surface area contributed by atoms with Gasteiger partial charge in [0.15, 0.2) is 23.1 Å². The molecule has 0 saturated heterocycles. The summed E-state index contributed by atoms with van der Waals surface area (Å²) in [4.78, 5) is 7.95.